The van der Waals surface area contributed by atoms with E-state index in [-0.39, 0.29) is 23.9 Å². The highest BCUT2D eigenvalue weighted by Gasteiger charge is 2.35. The molecule has 0 bridgehead atoms. The molecule has 194 valence electrons. The van der Waals surface area contributed by atoms with Crippen LogP contribution in [0, 0.1) is 0 Å². The van der Waals surface area contributed by atoms with Gasteiger partial charge in [-0.05, 0) is 62.1 Å². The van der Waals surface area contributed by atoms with Crippen LogP contribution in [-0.4, -0.2) is 42.9 Å². The monoisotopic (exact) mass is 494 g/mol. The Morgan fingerprint density at radius 1 is 1.14 bits per heavy atom. The molecule has 36 heavy (non-hydrogen) atoms. The maximum atomic E-state index is 13.3. The van der Waals surface area contributed by atoms with Crippen molar-refractivity contribution in [2.45, 2.75) is 103 Å². The molecule has 0 saturated heterocycles. The van der Waals surface area contributed by atoms with E-state index in [4.69, 9.17) is 9.47 Å². The van der Waals surface area contributed by atoms with Crippen molar-refractivity contribution in [2.75, 3.05) is 6.79 Å². The molecular weight excluding hydrogens is 456 g/mol. The molecule has 3 heterocycles. The molecule has 2 aliphatic rings. The number of rotatable bonds is 9. The molecule has 0 amide bonds. The minimum absolute atomic E-state index is 0.0331. The lowest BCUT2D eigenvalue weighted by Crippen LogP contribution is -2.42. The lowest BCUT2D eigenvalue weighted by molar-refractivity contribution is 0.0770. The minimum atomic E-state index is -0.189. The number of hydrogen-bond acceptors (Lipinski definition) is 7. The maximum absolute atomic E-state index is 13.3. The molecule has 1 fully saturated rings. The molecule has 1 aliphatic heterocycles. The van der Waals surface area contributed by atoms with Crippen LogP contribution in [0.2, 0.25) is 0 Å². The smallest absolute Gasteiger partial charge is 0.252 e. The van der Waals surface area contributed by atoms with Gasteiger partial charge < -0.3 is 14.5 Å². The first-order valence-corrected chi connectivity index (χ1v) is 13.4. The normalized spacial score (nSPS) is 17.2. The maximum Gasteiger partial charge on any atom is 0.252 e. The molecule has 9 nitrogen and oxygen atoms in total. The van der Waals surface area contributed by atoms with Crippen LogP contribution in [0.5, 0.6) is 11.5 Å². The average Bonchev–Trinajstić information content (AvgIpc) is 3.55. The number of H-pyrrole nitrogens is 1. The van der Waals surface area contributed by atoms with E-state index in [1.54, 1.807) is 0 Å². The summed E-state index contributed by atoms with van der Waals surface area (Å²) in [5, 5.41) is 14.0. The molecule has 1 N–H and O–H groups in total. The Kier molecular flexibility index (Phi) is 7.01. The van der Waals surface area contributed by atoms with Gasteiger partial charge in [0.1, 0.15) is 0 Å². The number of fused-ring (bicyclic) bond motifs is 2. The summed E-state index contributed by atoms with van der Waals surface area (Å²) in [5.41, 5.74) is 1.26. The summed E-state index contributed by atoms with van der Waals surface area (Å²) in [6, 6.07) is 6.23. The van der Waals surface area contributed by atoms with Gasteiger partial charge in [-0.1, -0.05) is 39.5 Å². The zero-order valence-corrected chi connectivity index (χ0v) is 21.9. The van der Waals surface area contributed by atoms with E-state index in [9.17, 15) is 4.79 Å². The summed E-state index contributed by atoms with van der Waals surface area (Å²) in [4.78, 5) is 18.9. The van der Waals surface area contributed by atoms with Crippen LogP contribution in [0.15, 0.2) is 23.0 Å². The van der Waals surface area contributed by atoms with E-state index in [0.717, 1.165) is 60.1 Å². The van der Waals surface area contributed by atoms with E-state index in [1.807, 2.05) is 22.9 Å². The second-order valence-electron chi connectivity index (χ2n) is 10.8. The molecule has 3 aromatic rings. The van der Waals surface area contributed by atoms with Crippen molar-refractivity contribution in [1.82, 2.24) is 30.1 Å². The Morgan fingerprint density at radius 3 is 2.61 bits per heavy atom. The van der Waals surface area contributed by atoms with E-state index in [1.165, 1.54) is 19.3 Å². The van der Waals surface area contributed by atoms with Crippen molar-refractivity contribution < 1.29 is 9.47 Å². The first kappa shape index (κ1) is 24.7. The molecule has 1 unspecified atom stereocenters. The summed E-state index contributed by atoms with van der Waals surface area (Å²) in [6.45, 7) is 9.49. The molecular formula is C27H38N6O3. The Morgan fingerprint density at radius 2 is 1.89 bits per heavy atom. The third-order valence-electron chi connectivity index (χ3n) is 8.00. The topological polar surface area (TPSA) is 98.2 Å². The Labute approximate surface area is 212 Å². The molecule has 1 atom stereocenters. The SMILES string of the molecule is CCCC(c1nnnn1C(C)(C)CC)N(Cc1cc2cc3c(cc2[nH]c1=O)OCO3)C1CCCCC1. The molecule has 1 aliphatic carbocycles. The van der Waals surface area contributed by atoms with Gasteiger partial charge in [0.15, 0.2) is 17.3 Å². The summed E-state index contributed by atoms with van der Waals surface area (Å²) in [6.07, 6.45) is 8.81. The van der Waals surface area contributed by atoms with Crippen LogP contribution in [0.4, 0.5) is 0 Å². The molecule has 2 aromatic heterocycles. The van der Waals surface area contributed by atoms with Crippen LogP contribution in [0.25, 0.3) is 10.9 Å². The van der Waals surface area contributed by atoms with Crippen molar-refractivity contribution >= 4 is 10.9 Å². The molecule has 0 radical (unpaired) electrons. The quantitative estimate of drug-likeness (QED) is 0.444. The van der Waals surface area contributed by atoms with Crippen molar-refractivity contribution in [1.29, 1.82) is 0 Å². The van der Waals surface area contributed by atoms with Gasteiger partial charge in [-0.3, -0.25) is 9.69 Å². The molecule has 0 spiro atoms. The first-order chi connectivity index (χ1) is 17.4. The van der Waals surface area contributed by atoms with Crippen LogP contribution >= 0.6 is 0 Å². The Hall–Kier alpha value is -2.94. The highest BCUT2D eigenvalue weighted by Crippen LogP contribution is 2.37. The van der Waals surface area contributed by atoms with Gasteiger partial charge in [-0.2, -0.15) is 0 Å². The van der Waals surface area contributed by atoms with Gasteiger partial charge in [-0.25, -0.2) is 4.68 Å². The number of nitrogens with one attached hydrogen (secondary N) is 1. The lowest BCUT2D eigenvalue weighted by atomic mass is 9.91. The fourth-order valence-electron chi connectivity index (χ4n) is 5.56. The van der Waals surface area contributed by atoms with Gasteiger partial charge in [0, 0.05) is 29.6 Å². The third kappa shape index (κ3) is 4.73. The van der Waals surface area contributed by atoms with Crippen LogP contribution in [-0.2, 0) is 12.1 Å². The number of nitrogens with zero attached hydrogens (tertiary/aromatic N) is 5. The Bertz CT molecular complexity index is 1260. The number of aromatic nitrogens is 5. The largest absolute Gasteiger partial charge is 0.454 e. The summed E-state index contributed by atoms with van der Waals surface area (Å²) >= 11 is 0. The highest BCUT2D eigenvalue weighted by molar-refractivity contribution is 5.83. The number of hydrogen-bond donors (Lipinski definition) is 1. The highest BCUT2D eigenvalue weighted by atomic mass is 16.7. The van der Waals surface area contributed by atoms with Crippen LogP contribution in [0.1, 0.15) is 96.5 Å². The lowest BCUT2D eigenvalue weighted by Gasteiger charge is -2.40. The summed E-state index contributed by atoms with van der Waals surface area (Å²) in [7, 11) is 0. The van der Waals surface area contributed by atoms with E-state index < -0.39 is 0 Å². The predicted octanol–water partition coefficient (Wildman–Crippen LogP) is 5.06. The van der Waals surface area contributed by atoms with Crippen molar-refractivity contribution in [3.8, 4) is 11.5 Å². The summed E-state index contributed by atoms with van der Waals surface area (Å²) < 4.78 is 13.1. The van der Waals surface area contributed by atoms with Crippen LogP contribution < -0.4 is 15.0 Å². The molecule has 1 aromatic carbocycles. The zero-order chi connectivity index (χ0) is 25.3. The van der Waals surface area contributed by atoms with E-state index in [2.05, 4.69) is 53.1 Å². The fraction of sp³-hybridized carbons (Fsp3) is 0.630. The van der Waals surface area contributed by atoms with Gasteiger partial charge >= 0.3 is 0 Å². The number of aromatic amines is 1. The standard InChI is InChI=1S/C27H38N6O3/c1-5-10-22(25-29-30-31-33(25)27(3,4)6-2)32(20-11-8-7-9-12-20)16-19-13-18-14-23-24(36-17-35-23)15-21(18)28-26(19)34/h13-15,20,22H,5-12,16-17H2,1-4H3,(H,28,34). The minimum Gasteiger partial charge on any atom is -0.454 e. The Balaban J connectivity index is 1.56. The average molecular weight is 495 g/mol. The van der Waals surface area contributed by atoms with Crippen LogP contribution in [0.3, 0.4) is 0 Å². The van der Waals surface area contributed by atoms with Gasteiger partial charge in [0.25, 0.3) is 5.56 Å². The molecule has 5 rings (SSSR count). The number of benzene rings is 1. The predicted molar refractivity (Wildman–Crippen MR) is 138 cm³/mol. The van der Waals surface area contributed by atoms with E-state index >= 15 is 0 Å². The van der Waals surface area contributed by atoms with Crippen molar-refractivity contribution in [3.63, 3.8) is 0 Å². The van der Waals surface area contributed by atoms with Crippen molar-refractivity contribution in [3.05, 3.63) is 39.9 Å². The van der Waals surface area contributed by atoms with Gasteiger partial charge in [0.2, 0.25) is 6.79 Å². The first-order valence-electron chi connectivity index (χ1n) is 13.4. The molecule has 1 saturated carbocycles. The van der Waals surface area contributed by atoms with Gasteiger partial charge in [0.05, 0.1) is 17.1 Å². The zero-order valence-electron chi connectivity index (χ0n) is 21.9. The summed E-state index contributed by atoms with van der Waals surface area (Å²) in [5.74, 6) is 2.28. The van der Waals surface area contributed by atoms with Crippen molar-refractivity contribution in [2.24, 2.45) is 0 Å². The fourth-order valence-corrected chi connectivity index (χ4v) is 5.56. The second-order valence-corrected chi connectivity index (χ2v) is 10.8. The second kappa shape index (κ2) is 10.2. The molecule has 9 heteroatoms. The van der Waals surface area contributed by atoms with E-state index in [0.29, 0.717) is 18.3 Å². The van der Waals surface area contributed by atoms with Gasteiger partial charge in [-0.15, -0.1) is 5.10 Å². The third-order valence-corrected chi connectivity index (χ3v) is 8.00. The number of tetrazole rings is 1. The number of pyridine rings is 1. The number of ether oxygens (including phenoxy) is 2.